The Labute approximate surface area is 108 Å². The molecular formula is C13H23NO4. The van der Waals surface area contributed by atoms with Gasteiger partial charge < -0.3 is 15.6 Å². The third-order valence-electron chi connectivity index (χ3n) is 2.11. The molecule has 0 aliphatic rings. The van der Waals surface area contributed by atoms with Crippen LogP contribution in [0.5, 0.6) is 0 Å². The molecule has 0 heterocycles. The minimum atomic E-state index is -0.445. The highest BCUT2D eigenvalue weighted by Gasteiger charge is 2.12. The second-order valence-electron chi connectivity index (χ2n) is 3.67. The van der Waals surface area contributed by atoms with Gasteiger partial charge in [-0.3, -0.25) is 0 Å². The van der Waals surface area contributed by atoms with E-state index in [1.54, 1.807) is 6.92 Å². The summed E-state index contributed by atoms with van der Waals surface area (Å²) in [6.07, 6.45) is 2.26. The summed E-state index contributed by atoms with van der Waals surface area (Å²) >= 11 is 0. The quantitative estimate of drug-likeness (QED) is 0.430. The maximum Gasteiger partial charge on any atom is 0.333 e. The first-order valence-corrected chi connectivity index (χ1v) is 5.65. The zero-order chi connectivity index (χ0) is 13.3. The van der Waals surface area contributed by atoms with E-state index in [0.29, 0.717) is 25.0 Å². The van der Waals surface area contributed by atoms with Crippen LogP contribution in [0.3, 0.4) is 0 Å². The standard InChI is InChI=1S/C13H20O4.H3N/c1-5-12(14)17-9-7-8-11(10(3)4)13(15)16-6-2;/h5H,1,6-9H2,2-4H3;1H3. The molecule has 18 heavy (non-hydrogen) atoms. The monoisotopic (exact) mass is 257 g/mol. The molecule has 0 radical (unpaired) electrons. The van der Waals surface area contributed by atoms with Gasteiger partial charge in [-0.25, -0.2) is 9.59 Å². The van der Waals surface area contributed by atoms with Crippen molar-refractivity contribution in [3.8, 4) is 0 Å². The molecule has 104 valence electrons. The molecule has 0 aliphatic carbocycles. The molecule has 3 N–H and O–H groups in total. The van der Waals surface area contributed by atoms with Gasteiger partial charge in [-0.15, -0.1) is 0 Å². The predicted molar refractivity (Wildman–Crippen MR) is 70.4 cm³/mol. The largest absolute Gasteiger partial charge is 0.463 e. The Bertz CT molecular complexity index is 317. The van der Waals surface area contributed by atoms with Gasteiger partial charge in [0.1, 0.15) is 0 Å². The van der Waals surface area contributed by atoms with Crippen molar-refractivity contribution in [1.29, 1.82) is 0 Å². The summed E-state index contributed by atoms with van der Waals surface area (Å²) < 4.78 is 9.77. The molecule has 0 spiro atoms. The van der Waals surface area contributed by atoms with Gasteiger partial charge in [0.2, 0.25) is 0 Å². The van der Waals surface area contributed by atoms with Crippen molar-refractivity contribution in [2.45, 2.75) is 33.6 Å². The highest BCUT2D eigenvalue weighted by Crippen LogP contribution is 2.13. The number of carbonyl (C=O) groups is 2. The van der Waals surface area contributed by atoms with Crippen molar-refractivity contribution >= 4 is 11.9 Å². The van der Waals surface area contributed by atoms with Crippen LogP contribution in [0.2, 0.25) is 0 Å². The van der Waals surface area contributed by atoms with Crippen LogP contribution in [0.1, 0.15) is 33.6 Å². The smallest absolute Gasteiger partial charge is 0.333 e. The zero-order valence-corrected chi connectivity index (χ0v) is 11.5. The molecule has 0 bridgehead atoms. The summed E-state index contributed by atoms with van der Waals surface area (Å²) in [5.74, 6) is -0.734. The van der Waals surface area contributed by atoms with E-state index in [4.69, 9.17) is 9.47 Å². The first-order chi connectivity index (χ1) is 8.02. The Morgan fingerprint density at radius 3 is 2.28 bits per heavy atom. The molecule has 5 nitrogen and oxygen atoms in total. The summed E-state index contributed by atoms with van der Waals surface area (Å²) in [7, 11) is 0. The predicted octanol–water partition coefficient (Wildman–Crippen LogP) is 2.56. The average molecular weight is 257 g/mol. The molecule has 0 aromatic heterocycles. The fourth-order valence-corrected chi connectivity index (χ4v) is 1.26. The molecule has 0 unspecified atom stereocenters. The van der Waals surface area contributed by atoms with E-state index in [9.17, 15) is 9.59 Å². The number of ether oxygens (including phenoxy) is 2. The molecule has 0 amide bonds. The third-order valence-corrected chi connectivity index (χ3v) is 2.11. The summed E-state index contributed by atoms with van der Waals surface area (Å²) in [4.78, 5) is 22.3. The molecule has 0 rings (SSSR count). The van der Waals surface area contributed by atoms with Gasteiger partial charge in [0.25, 0.3) is 0 Å². The zero-order valence-electron chi connectivity index (χ0n) is 11.5. The SMILES string of the molecule is C=CC(=O)OCCCC(C(=O)OCC)=C(C)C.N. The Kier molecular flexibility index (Phi) is 11.0. The number of carbonyl (C=O) groups excluding carboxylic acids is 2. The minimum Gasteiger partial charge on any atom is -0.463 e. The molecule has 0 aliphatic heterocycles. The summed E-state index contributed by atoms with van der Waals surface area (Å²) in [5.41, 5.74) is 1.58. The minimum absolute atomic E-state index is 0. The summed E-state index contributed by atoms with van der Waals surface area (Å²) in [5, 5.41) is 0. The van der Waals surface area contributed by atoms with Crippen LogP contribution >= 0.6 is 0 Å². The molecule has 0 saturated heterocycles. The lowest BCUT2D eigenvalue weighted by Gasteiger charge is -2.09. The van der Waals surface area contributed by atoms with Crippen LogP contribution in [0.4, 0.5) is 0 Å². The lowest BCUT2D eigenvalue weighted by atomic mass is 10.1. The normalized spacial score (nSPS) is 8.83. The van der Waals surface area contributed by atoms with Gasteiger partial charge in [-0.05, 0) is 33.6 Å². The Morgan fingerprint density at radius 1 is 1.22 bits per heavy atom. The van der Waals surface area contributed by atoms with Crippen LogP contribution in [0.25, 0.3) is 0 Å². The van der Waals surface area contributed by atoms with Gasteiger partial charge >= 0.3 is 11.9 Å². The lowest BCUT2D eigenvalue weighted by Crippen LogP contribution is -2.10. The van der Waals surface area contributed by atoms with Gasteiger partial charge in [-0.1, -0.05) is 12.2 Å². The van der Waals surface area contributed by atoms with E-state index in [1.807, 2.05) is 13.8 Å². The number of hydrogen-bond acceptors (Lipinski definition) is 5. The second-order valence-corrected chi connectivity index (χ2v) is 3.67. The van der Waals surface area contributed by atoms with Crippen molar-refractivity contribution in [2.24, 2.45) is 0 Å². The third kappa shape index (κ3) is 7.62. The highest BCUT2D eigenvalue weighted by atomic mass is 16.5. The van der Waals surface area contributed by atoms with Crippen LogP contribution in [0.15, 0.2) is 23.8 Å². The Morgan fingerprint density at radius 2 is 1.83 bits per heavy atom. The first kappa shape index (κ1) is 18.7. The Balaban J connectivity index is 0. The van der Waals surface area contributed by atoms with Crippen molar-refractivity contribution in [3.05, 3.63) is 23.8 Å². The molecule has 0 aromatic carbocycles. The average Bonchev–Trinajstić information content (AvgIpc) is 2.28. The van der Waals surface area contributed by atoms with E-state index < -0.39 is 5.97 Å². The first-order valence-electron chi connectivity index (χ1n) is 5.65. The fraction of sp³-hybridized carbons (Fsp3) is 0.538. The van der Waals surface area contributed by atoms with Crippen molar-refractivity contribution < 1.29 is 19.1 Å². The summed E-state index contributed by atoms with van der Waals surface area (Å²) in [6, 6.07) is 0. The topological polar surface area (TPSA) is 87.6 Å². The van der Waals surface area contributed by atoms with E-state index in [2.05, 4.69) is 6.58 Å². The van der Waals surface area contributed by atoms with Crippen molar-refractivity contribution in [3.63, 3.8) is 0 Å². The number of allylic oxidation sites excluding steroid dienone is 1. The highest BCUT2D eigenvalue weighted by molar-refractivity contribution is 5.89. The number of hydrogen-bond donors (Lipinski definition) is 1. The fourth-order valence-electron chi connectivity index (χ4n) is 1.26. The molecule has 0 aromatic rings. The van der Waals surface area contributed by atoms with Crippen LogP contribution in [-0.2, 0) is 19.1 Å². The molecule has 0 fully saturated rings. The van der Waals surface area contributed by atoms with Gasteiger partial charge in [0.05, 0.1) is 13.2 Å². The van der Waals surface area contributed by atoms with Crippen molar-refractivity contribution in [1.82, 2.24) is 6.15 Å². The molecule has 0 atom stereocenters. The van der Waals surface area contributed by atoms with Crippen LogP contribution in [0, 0.1) is 0 Å². The molecule has 5 heteroatoms. The van der Waals surface area contributed by atoms with Crippen molar-refractivity contribution in [2.75, 3.05) is 13.2 Å². The number of rotatable bonds is 7. The maximum absolute atomic E-state index is 11.6. The van der Waals surface area contributed by atoms with E-state index in [-0.39, 0.29) is 18.7 Å². The summed E-state index contributed by atoms with van der Waals surface area (Å²) in [6.45, 7) is 9.43. The maximum atomic E-state index is 11.6. The number of esters is 2. The Hall–Kier alpha value is -1.62. The van der Waals surface area contributed by atoms with Gasteiger partial charge in [-0.2, -0.15) is 0 Å². The van der Waals surface area contributed by atoms with Gasteiger partial charge in [0, 0.05) is 11.6 Å². The van der Waals surface area contributed by atoms with E-state index >= 15 is 0 Å². The van der Waals surface area contributed by atoms with Crippen LogP contribution < -0.4 is 6.15 Å². The van der Waals surface area contributed by atoms with Crippen LogP contribution in [-0.4, -0.2) is 25.2 Å². The van der Waals surface area contributed by atoms with E-state index in [0.717, 1.165) is 11.6 Å². The lowest BCUT2D eigenvalue weighted by molar-refractivity contribution is -0.138. The second kappa shape index (κ2) is 10.5. The molecular weight excluding hydrogens is 234 g/mol. The van der Waals surface area contributed by atoms with E-state index in [1.165, 1.54) is 0 Å². The molecule has 0 saturated carbocycles. The van der Waals surface area contributed by atoms with Gasteiger partial charge in [0.15, 0.2) is 0 Å².